The number of hydrogen-bond donors (Lipinski definition) is 1. The van der Waals surface area contributed by atoms with E-state index in [0.29, 0.717) is 0 Å². The normalized spacial score (nSPS) is 11.2. The molecule has 0 radical (unpaired) electrons. The summed E-state index contributed by atoms with van der Waals surface area (Å²) >= 11 is 5.40. The van der Waals surface area contributed by atoms with Gasteiger partial charge in [-0.05, 0) is 43.4 Å². The minimum Gasteiger partial charge on any atom is -0.331 e. The van der Waals surface area contributed by atoms with Crippen molar-refractivity contribution in [2.45, 2.75) is 13.5 Å². The van der Waals surface area contributed by atoms with Gasteiger partial charge in [-0.15, -0.1) is 0 Å². The SMILES string of the molecule is CCn1c(=S)[nH]c2cc3c(N(C)c4cccnc4)ncnc3cc21. The Kier molecular flexibility index (Phi) is 3.50. The predicted octanol–water partition coefficient (Wildman–Crippen LogP) is 3.82. The van der Waals surface area contributed by atoms with Crippen LogP contribution in [0.2, 0.25) is 0 Å². The summed E-state index contributed by atoms with van der Waals surface area (Å²) in [5.74, 6) is 0.832. The molecular weight excluding hydrogens is 320 g/mol. The molecule has 0 amide bonds. The van der Waals surface area contributed by atoms with Crippen LogP contribution >= 0.6 is 12.2 Å². The Morgan fingerprint density at radius 3 is 2.92 bits per heavy atom. The van der Waals surface area contributed by atoms with E-state index in [4.69, 9.17) is 12.2 Å². The molecule has 1 N–H and O–H groups in total. The molecule has 0 bridgehead atoms. The lowest BCUT2D eigenvalue weighted by Gasteiger charge is -2.19. The number of fused-ring (bicyclic) bond motifs is 2. The summed E-state index contributed by atoms with van der Waals surface area (Å²) in [6.07, 6.45) is 5.16. The Labute approximate surface area is 143 Å². The molecule has 0 aliphatic rings. The zero-order valence-electron chi connectivity index (χ0n) is 13.4. The van der Waals surface area contributed by atoms with Crippen LogP contribution in [0.4, 0.5) is 11.5 Å². The highest BCUT2D eigenvalue weighted by Crippen LogP contribution is 2.30. The van der Waals surface area contributed by atoms with E-state index in [0.717, 1.165) is 44.8 Å². The number of imidazole rings is 1. The molecule has 0 saturated heterocycles. The average Bonchev–Trinajstić information content (AvgIpc) is 2.93. The molecule has 0 aliphatic carbocycles. The molecule has 4 rings (SSSR count). The fraction of sp³-hybridized carbons (Fsp3) is 0.176. The molecule has 3 heterocycles. The lowest BCUT2D eigenvalue weighted by molar-refractivity contribution is 0.774. The summed E-state index contributed by atoms with van der Waals surface area (Å²) < 4.78 is 2.79. The summed E-state index contributed by atoms with van der Waals surface area (Å²) in [6.45, 7) is 2.90. The Morgan fingerprint density at radius 1 is 1.29 bits per heavy atom. The smallest absolute Gasteiger partial charge is 0.178 e. The van der Waals surface area contributed by atoms with Crippen LogP contribution in [0.1, 0.15) is 6.92 Å². The third-order valence-corrected chi connectivity index (χ3v) is 4.50. The molecule has 0 aliphatic heterocycles. The number of aromatic amines is 1. The fourth-order valence-corrected chi connectivity index (χ4v) is 3.29. The topological polar surface area (TPSA) is 62.6 Å². The van der Waals surface area contributed by atoms with Crippen molar-refractivity contribution in [3.8, 4) is 0 Å². The lowest BCUT2D eigenvalue weighted by Crippen LogP contribution is -2.12. The van der Waals surface area contributed by atoms with Gasteiger partial charge in [0.1, 0.15) is 12.1 Å². The number of nitrogens with zero attached hydrogens (tertiary/aromatic N) is 5. The summed E-state index contributed by atoms with van der Waals surface area (Å²) in [6, 6.07) is 8.03. The molecule has 0 spiro atoms. The largest absolute Gasteiger partial charge is 0.331 e. The van der Waals surface area contributed by atoms with Crippen LogP contribution in [0.3, 0.4) is 0 Å². The number of aromatic nitrogens is 5. The Hall–Kier alpha value is -2.80. The first-order chi connectivity index (χ1) is 11.7. The molecule has 0 atom stereocenters. The maximum Gasteiger partial charge on any atom is 0.178 e. The van der Waals surface area contributed by atoms with Crippen molar-refractivity contribution >= 4 is 45.7 Å². The van der Waals surface area contributed by atoms with Crippen molar-refractivity contribution in [2.75, 3.05) is 11.9 Å². The van der Waals surface area contributed by atoms with Gasteiger partial charge in [0.25, 0.3) is 0 Å². The van der Waals surface area contributed by atoms with Crippen molar-refractivity contribution in [3.05, 3.63) is 47.8 Å². The van der Waals surface area contributed by atoms with Gasteiger partial charge in [-0.25, -0.2) is 9.97 Å². The van der Waals surface area contributed by atoms with E-state index in [9.17, 15) is 0 Å². The molecule has 0 saturated carbocycles. The molecule has 0 unspecified atom stereocenters. The number of aryl methyl sites for hydroxylation is 1. The average molecular weight is 336 g/mol. The van der Waals surface area contributed by atoms with E-state index in [1.54, 1.807) is 12.5 Å². The van der Waals surface area contributed by atoms with Crippen LogP contribution in [0, 0.1) is 4.77 Å². The fourth-order valence-electron chi connectivity index (χ4n) is 2.95. The second-order valence-electron chi connectivity index (χ2n) is 5.53. The van der Waals surface area contributed by atoms with Gasteiger partial charge in [0.2, 0.25) is 0 Å². The number of rotatable bonds is 3. The number of anilines is 2. The standard InChI is InChI=1S/C17H16N6S/c1-3-23-15-8-13-12(7-14(15)21-17(23)24)16(20-10-19-13)22(2)11-5-4-6-18-9-11/h4-10H,3H2,1-2H3,(H,21,24). The van der Waals surface area contributed by atoms with Crippen molar-refractivity contribution in [1.29, 1.82) is 0 Å². The van der Waals surface area contributed by atoms with E-state index in [1.165, 1.54) is 0 Å². The molecule has 6 nitrogen and oxygen atoms in total. The number of pyridine rings is 1. The van der Waals surface area contributed by atoms with Gasteiger partial charge in [-0.2, -0.15) is 0 Å². The van der Waals surface area contributed by atoms with Crippen molar-refractivity contribution in [1.82, 2.24) is 24.5 Å². The zero-order chi connectivity index (χ0) is 16.7. The minimum atomic E-state index is 0.720. The third kappa shape index (κ3) is 2.25. The summed E-state index contributed by atoms with van der Waals surface area (Å²) in [5.41, 5.74) is 3.91. The lowest BCUT2D eigenvalue weighted by atomic mass is 10.2. The first-order valence-corrected chi connectivity index (χ1v) is 8.11. The molecule has 7 heteroatoms. The monoisotopic (exact) mass is 336 g/mol. The van der Waals surface area contributed by atoms with Crippen LogP contribution in [0.5, 0.6) is 0 Å². The molecule has 3 aromatic heterocycles. The van der Waals surface area contributed by atoms with Gasteiger partial charge in [0, 0.05) is 25.2 Å². The zero-order valence-corrected chi connectivity index (χ0v) is 14.2. The number of H-pyrrole nitrogens is 1. The molecule has 120 valence electrons. The first-order valence-electron chi connectivity index (χ1n) is 7.70. The Morgan fingerprint density at radius 2 is 2.17 bits per heavy atom. The predicted molar refractivity (Wildman–Crippen MR) is 98.2 cm³/mol. The number of hydrogen-bond acceptors (Lipinski definition) is 5. The van der Waals surface area contributed by atoms with Crippen LogP contribution in [0.15, 0.2) is 43.0 Å². The van der Waals surface area contributed by atoms with Gasteiger partial charge in [0.15, 0.2) is 4.77 Å². The number of nitrogens with one attached hydrogen (secondary N) is 1. The maximum atomic E-state index is 5.40. The Bertz CT molecular complexity index is 1080. The van der Waals surface area contributed by atoms with E-state index in [1.807, 2.05) is 30.3 Å². The molecular formula is C17H16N6S. The van der Waals surface area contributed by atoms with Gasteiger partial charge >= 0.3 is 0 Å². The third-order valence-electron chi connectivity index (χ3n) is 4.18. The summed E-state index contributed by atoms with van der Waals surface area (Å²) in [7, 11) is 1.97. The summed E-state index contributed by atoms with van der Waals surface area (Å²) in [5, 5.41) is 0.968. The second kappa shape index (κ2) is 5.68. The van der Waals surface area contributed by atoms with Crippen molar-refractivity contribution < 1.29 is 0 Å². The van der Waals surface area contributed by atoms with Crippen molar-refractivity contribution in [2.24, 2.45) is 0 Å². The van der Waals surface area contributed by atoms with Crippen LogP contribution in [0.25, 0.3) is 21.9 Å². The maximum absolute atomic E-state index is 5.40. The summed E-state index contributed by atoms with van der Waals surface area (Å²) in [4.78, 5) is 18.4. The van der Waals surface area contributed by atoms with E-state index in [2.05, 4.69) is 43.6 Å². The van der Waals surface area contributed by atoms with Crippen LogP contribution in [-0.2, 0) is 6.54 Å². The van der Waals surface area contributed by atoms with Crippen LogP contribution in [-0.4, -0.2) is 31.6 Å². The number of benzene rings is 1. The molecule has 4 aromatic rings. The quantitative estimate of drug-likeness (QED) is 0.576. The van der Waals surface area contributed by atoms with Crippen LogP contribution < -0.4 is 4.90 Å². The van der Waals surface area contributed by atoms with Gasteiger partial charge in [0.05, 0.1) is 28.4 Å². The van der Waals surface area contributed by atoms with Gasteiger partial charge in [-0.3, -0.25) is 4.98 Å². The van der Waals surface area contributed by atoms with Crippen molar-refractivity contribution in [3.63, 3.8) is 0 Å². The second-order valence-corrected chi connectivity index (χ2v) is 5.92. The first kappa shape index (κ1) is 14.8. The molecule has 1 aromatic carbocycles. The van der Waals surface area contributed by atoms with Gasteiger partial charge in [-0.1, -0.05) is 0 Å². The van der Waals surface area contributed by atoms with Gasteiger partial charge < -0.3 is 14.5 Å². The minimum absolute atomic E-state index is 0.720. The van der Waals surface area contributed by atoms with E-state index in [-0.39, 0.29) is 0 Å². The molecule has 24 heavy (non-hydrogen) atoms. The Balaban J connectivity index is 1.97. The van der Waals surface area contributed by atoms with E-state index >= 15 is 0 Å². The highest BCUT2D eigenvalue weighted by molar-refractivity contribution is 7.71. The van der Waals surface area contributed by atoms with E-state index < -0.39 is 0 Å². The highest BCUT2D eigenvalue weighted by atomic mass is 32.1. The highest BCUT2D eigenvalue weighted by Gasteiger charge is 2.13. The molecule has 0 fully saturated rings.